The first-order chi connectivity index (χ1) is 14.3. The summed E-state index contributed by atoms with van der Waals surface area (Å²) in [6.45, 7) is 4.08. The maximum Gasteiger partial charge on any atom is 0.254 e. The van der Waals surface area contributed by atoms with Gasteiger partial charge in [0.05, 0.1) is 18.4 Å². The fourth-order valence-corrected chi connectivity index (χ4v) is 2.81. The Balaban J connectivity index is 1.61. The molecule has 0 fully saturated rings. The van der Waals surface area contributed by atoms with Gasteiger partial charge >= 0.3 is 0 Å². The molecule has 1 amide bonds. The van der Waals surface area contributed by atoms with Crippen LogP contribution in [0.4, 0.5) is 19.0 Å². The summed E-state index contributed by atoms with van der Waals surface area (Å²) in [5.74, 6) is -4.94. The molecule has 1 aromatic carbocycles. The fraction of sp³-hybridized carbons (Fsp3) is 0.263. The van der Waals surface area contributed by atoms with E-state index in [1.807, 2.05) is 19.9 Å². The van der Waals surface area contributed by atoms with Gasteiger partial charge in [-0.05, 0) is 26.0 Å². The van der Waals surface area contributed by atoms with Gasteiger partial charge in [-0.25, -0.2) is 23.4 Å². The molecule has 0 radical (unpaired) electrons. The molecule has 158 valence electrons. The Hall–Kier alpha value is -3.63. The molecule has 0 unspecified atom stereocenters. The van der Waals surface area contributed by atoms with Crippen LogP contribution in [0.5, 0.6) is 5.75 Å². The van der Waals surface area contributed by atoms with Crippen LogP contribution in [0, 0.1) is 31.3 Å². The molecule has 0 atom stereocenters. The number of rotatable bonds is 7. The van der Waals surface area contributed by atoms with Crippen molar-refractivity contribution in [2.45, 2.75) is 13.8 Å². The first-order valence-corrected chi connectivity index (χ1v) is 8.91. The van der Waals surface area contributed by atoms with Crippen molar-refractivity contribution in [2.75, 3.05) is 25.5 Å². The predicted octanol–water partition coefficient (Wildman–Crippen LogP) is 2.55. The number of aromatic nitrogens is 4. The minimum Gasteiger partial charge on any atom is -0.491 e. The first kappa shape index (κ1) is 21.1. The summed E-state index contributed by atoms with van der Waals surface area (Å²) in [7, 11) is 0.981. The van der Waals surface area contributed by atoms with Gasteiger partial charge in [-0.1, -0.05) is 0 Å². The van der Waals surface area contributed by atoms with Crippen molar-refractivity contribution >= 4 is 11.7 Å². The number of nitrogens with zero attached hydrogens (tertiary/aromatic N) is 4. The zero-order chi connectivity index (χ0) is 21.8. The maximum absolute atomic E-state index is 14.1. The van der Waals surface area contributed by atoms with Crippen molar-refractivity contribution < 1.29 is 22.7 Å². The van der Waals surface area contributed by atoms with Gasteiger partial charge in [-0.3, -0.25) is 4.79 Å². The normalized spacial score (nSPS) is 10.7. The van der Waals surface area contributed by atoms with Gasteiger partial charge in [0, 0.05) is 24.8 Å². The Labute approximate surface area is 170 Å². The molecule has 2 aromatic heterocycles. The molecule has 3 rings (SSSR count). The molecule has 0 aliphatic carbocycles. The van der Waals surface area contributed by atoms with Crippen LogP contribution in [0.2, 0.25) is 0 Å². The molecule has 0 saturated carbocycles. The third kappa shape index (κ3) is 4.34. The van der Waals surface area contributed by atoms with E-state index in [4.69, 9.17) is 0 Å². The van der Waals surface area contributed by atoms with Gasteiger partial charge in [0.1, 0.15) is 12.1 Å². The standard InChI is InChI=1S/C19H19F3N6O2/c1-10-6-11(2)28(27-10)15-8-14(25-9-26-15)23-4-5-24-19(29)12-7-13(20)17(22)18(30-3)16(12)21/h6-9H,4-5H2,1-3H3,(H,24,29)(H,23,25,26). The summed E-state index contributed by atoms with van der Waals surface area (Å²) in [6.07, 6.45) is 1.37. The topological polar surface area (TPSA) is 94.0 Å². The quantitative estimate of drug-likeness (QED) is 0.451. The van der Waals surface area contributed by atoms with Crippen LogP contribution in [0.1, 0.15) is 21.7 Å². The lowest BCUT2D eigenvalue weighted by Gasteiger charge is -2.11. The van der Waals surface area contributed by atoms with E-state index < -0.39 is 34.7 Å². The number of carbonyl (C=O) groups is 1. The van der Waals surface area contributed by atoms with Gasteiger partial charge in [0.2, 0.25) is 5.82 Å². The number of amides is 1. The maximum atomic E-state index is 14.1. The van der Waals surface area contributed by atoms with Crippen LogP contribution < -0.4 is 15.4 Å². The number of benzene rings is 1. The molecule has 0 bridgehead atoms. The van der Waals surface area contributed by atoms with Gasteiger partial charge in [-0.15, -0.1) is 0 Å². The molecular weight excluding hydrogens is 401 g/mol. The summed E-state index contributed by atoms with van der Waals surface area (Å²) in [4.78, 5) is 20.4. The average molecular weight is 420 g/mol. The van der Waals surface area contributed by atoms with Crippen LogP contribution in [0.25, 0.3) is 5.82 Å². The van der Waals surface area contributed by atoms with Crippen LogP contribution in [-0.4, -0.2) is 45.9 Å². The van der Waals surface area contributed by atoms with Crippen LogP contribution in [-0.2, 0) is 0 Å². The highest BCUT2D eigenvalue weighted by atomic mass is 19.2. The van der Waals surface area contributed by atoms with Crippen LogP contribution >= 0.6 is 0 Å². The van der Waals surface area contributed by atoms with Crippen molar-refractivity contribution in [3.05, 3.63) is 58.9 Å². The third-order valence-electron chi connectivity index (χ3n) is 4.16. The third-order valence-corrected chi connectivity index (χ3v) is 4.16. The molecular formula is C19H19F3N6O2. The second-order valence-electron chi connectivity index (χ2n) is 6.35. The van der Waals surface area contributed by atoms with E-state index in [0.29, 0.717) is 17.7 Å². The van der Waals surface area contributed by atoms with E-state index in [2.05, 4.69) is 30.4 Å². The highest BCUT2D eigenvalue weighted by Crippen LogP contribution is 2.26. The number of hydrogen-bond donors (Lipinski definition) is 2. The minimum atomic E-state index is -1.49. The molecule has 0 aliphatic heterocycles. The molecule has 2 heterocycles. The predicted molar refractivity (Wildman–Crippen MR) is 102 cm³/mol. The number of anilines is 1. The Morgan fingerprint density at radius 2 is 1.87 bits per heavy atom. The lowest BCUT2D eigenvalue weighted by atomic mass is 10.1. The van der Waals surface area contributed by atoms with Crippen LogP contribution in [0.3, 0.4) is 0 Å². The lowest BCUT2D eigenvalue weighted by Crippen LogP contribution is -2.30. The van der Waals surface area contributed by atoms with Crippen molar-refractivity contribution in [3.63, 3.8) is 0 Å². The van der Waals surface area contributed by atoms with Gasteiger partial charge in [0.25, 0.3) is 5.91 Å². The number of halogens is 3. The van der Waals surface area contributed by atoms with Crippen LogP contribution in [0.15, 0.2) is 24.5 Å². The summed E-state index contributed by atoms with van der Waals surface area (Å²) < 4.78 is 47.3. The van der Waals surface area contributed by atoms with Crippen molar-refractivity contribution in [3.8, 4) is 11.6 Å². The second kappa shape index (κ2) is 8.80. The number of aryl methyl sites for hydroxylation is 2. The second-order valence-corrected chi connectivity index (χ2v) is 6.35. The number of nitrogens with one attached hydrogen (secondary N) is 2. The Bertz CT molecular complexity index is 1090. The summed E-state index contributed by atoms with van der Waals surface area (Å²) in [5.41, 5.74) is 1.11. The summed E-state index contributed by atoms with van der Waals surface area (Å²) >= 11 is 0. The largest absolute Gasteiger partial charge is 0.491 e. The Morgan fingerprint density at radius 3 is 2.53 bits per heavy atom. The average Bonchev–Trinajstić information content (AvgIpc) is 3.06. The van der Waals surface area contributed by atoms with Crippen molar-refractivity contribution in [1.29, 1.82) is 0 Å². The minimum absolute atomic E-state index is 0.0683. The molecule has 2 N–H and O–H groups in total. The van der Waals surface area contributed by atoms with Crippen molar-refractivity contribution in [1.82, 2.24) is 25.1 Å². The molecule has 0 spiro atoms. The SMILES string of the molecule is COc1c(F)c(F)cc(C(=O)NCCNc2cc(-n3nc(C)cc3C)ncn2)c1F. The summed E-state index contributed by atoms with van der Waals surface area (Å²) in [6, 6.07) is 4.08. The number of carbonyl (C=O) groups excluding carboxylic acids is 1. The van der Waals surface area contributed by atoms with E-state index in [0.717, 1.165) is 18.5 Å². The molecule has 3 aromatic rings. The fourth-order valence-electron chi connectivity index (χ4n) is 2.81. The highest BCUT2D eigenvalue weighted by Gasteiger charge is 2.23. The van der Waals surface area contributed by atoms with Crippen molar-refractivity contribution in [2.24, 2.45) is 0 Å². The summed E-state index contributed by atoms with van der Waals surface area (Å²) in [5, 5.41) is 9.75. The van der Waals surface area contributed by atoms with Gasteiger partial charge in [0.15, 0.2) is 23.2 Å². The van der Waals surface area contributed by atoms with E-state index in [1.165, 1.54) is 6.33 Å². The molecule has 30 heavy (non-hydrogen) atoms. The monoisotopic (exact) mass is 420 g/mol. The number of methoxy groups -OCH3 is 1. The highest BCUT2D eigenvalue weighted by molar-refractivity contribution is 5.95. The number of hydrogen-bond acceptors (Lipinski definition) is 6. The Kier molecular flexibility index (Phi) is 6.19. The number of ether oxygens (including phenoxy) is 1. The molecule has 8 nitrogen and oxygen atoms in total. The smallest absolute Gasteiger partial charge is 0.254 e. The van der Waals surface area contributed by atoms with Gasteiger partial charge in [-0.2, -0.15) is 9.49 Å². The van der Waals surface area contributed by atoms with E-state index in [-0.39, 0.29) is 13.1 Å². The van der Waals surface area contributed by atoms with E-state index in [1.54, 1.807) is 10.7 Å². The Morgan fingerprint density at radius 1 is 1.10 bits per heavy atom. The van der Waals surface area contributed by atoms with Gasteiger partial charge < -0.3 is 15.4 Å². The zero-order valence-corrected chi connectivity index (χ0v) is 16.5. The molecule has 0 saturated heterocycles. The lowest BCUT2D eigenvalue weighted by molar-refractivity contribution is 0.0949. The first-order valence-electron chi connectivity index (χ1n) is 8.91. The molecule has 0 aliphatic rings. The van der Waals surface area contributed by atoms with E-state index in [9.17, 15) is 18.0 Å². The molecule has 11 heteroatoms. The van der Waals surface area contributed by atoms with E-state index >= 15 is 0 Å². The zero-order valence-electron chi connectivity index (χ0n) is 16.5.